The molecule has 0 aromatic heterocycles. The van der Waals surface area contributed by atoms with Crippen LogP contribution < -0.4 is 4.90 Å². The molecule has 2 heterocycles. The maximum absolute atomic E-state index is 11.3. The molecule has 2 bridgehead atoms. The van der Waals surface area contributed by atoms with Gasteiger partial charge in [-0.2, -0.15) is 0 Å². The summed E-state index contributed by atoms with van der Waals surface area (Å²) >= 11 is 0. The number of aliphatic carboxylic acids is 1. The molecule has 1 aromatic rings. The topological polar surface area (TPSA) is 83.7 Å². The number of hydrogen-bond donors (Lipinski definition) is 1. The maximum atomic E-state index is 11.3. The summed E-state index contributed by atoms with van der Waals surface area (Å²) in [5.41, 5.74) is 1.50. The van der Waals surface area contributed by atoms with Gasteiger partial charge in [-0.3, -0.25) is 14.9 Å². The van der Waals surface area contributed by atoms with Gasteiger partial charge < -0.3 is 10.0 Å². The van der Waals surface area contributed by atoms with E-state index in [2.05, 4.69) is 4.90 Å². The lowest BCUT2D eigenvalue weighted by Crippen LogP contribution is -2.32. The highest BCUT2D eigenvalue weighted by Crippen LogP contribution is 2.45. The van der Waals surface area contributed by atoms with E-state index in [1.807, 2.05) is 6.07 Å². The number of hydrogen-bond acceptors (Lipinski definition) is 4. The Morgan fingerprint density at radius 1 is 1.45 bits per heavy atom. The summed E-state index contributed by atoms with van der Waals surface area (Å²) in [6, 6.07) is 5.34. The summed E-state index contributed by atoms with van der Waals surface area (Å²) in [5.74, 6) is -1.11. The third kappa shape index (κ3) is 1.83. The van der Waals surface area contributed by atoms with Gasteiger partial charge in [-0.15, -0.1) is 0 Å². The number of fused-ring (bicyclic) bond motifs is 2. The minimum atomic E-state index is -0.760. The Labute approximate surface area is 116 Å². The van der Waals surface area contributed by atoms with E-state index in [1.165, 1.54) is 0 Å². The number of anilines is 1. The largest absolute Gasteiger partial charge is 0.481 e. The summed E-state index contributed by atoms with van der Waals surface area (Å²) in [7, 11) is 0. The molecule has 0 spiro atoms. The van der Waals surface area contributed by atoms with Crippen LogP contribution in [0.5, 0.6) is 0 Å². The van der Waals surface area contributed by atoms with Crippen LogP contribution in [0.15, 0.2) is 18.2 Å². The molecule has 2 saturated heterocycles. The van der Waals surface area contributed by atoms with Crippen LogP contribution in [0.2, 0.25) is 0 Å². The zero-order chi connectivity index (χ0) is 14.4. The van der Waals surface area contributed by atoms with Crippen LogP contribution in [0.3, 0.4) is 0 Å². The lowest BCUT2D eigenvalue weighted by Gasteiger charge is -2.25. The first-order valence-corrected chi connectivity index (χ1v) is 6.75. The highest BCUT2D eigenvalue weighted by molar-refractivity contribution is 5.74. The second kappa shape index (κ2) is 4.47. The Morgan fingerprint density at radius 3 is 2.80 bits per heavy atom. The Balaban J connectivity index is 1.96. The number of rotatable bonds is 3. The molecule has 0 saturated carbocycles. The van der Waals surface area contributed by atoms with E-state index >= 15 is 0 Å². The molecule has 6 nitrogen and oxygen atoms in total. The third-order valence-electron chi connectivity index (χ3n) is 4.54. The molecule has 20 heavy (non-hydrogen) atoms. The van der Waals surface area contributed by atoms with Crippen LogP contribution in [0, 0.1) is 23.0 Å². The van der Waals surface area contributed by atoms with E-state index in [-0.39, 0.29) is 28.6 Å². The van der Waals surface area contributed by atoms with E-state index in [4.69, 9.17) is 0 Å². The Bertz CT molecular complexity index is 587. The zero-order valence-corrected chi connectivity index (χ0v) is 11.2. The van der Waals surface area contributed by atoms with Gasteiger partial charge in [-0.25, -0.2) is 0 Å². The minimum Gasteiger partial charge on any atom is -0.481 e. The number of nitro groups is 1. The van der Waals surface area contributed by atoms with Crippen molar-refractivity contribution >= 4 is 17.3 Å². The lowest BCUT2D eigenvalue weighted by molar-refractivity contribution is -0.385. The van der Waals surface area contributed by atoms with Gasteiger partial charge in [0.25, 0.3) is 5.69 Å². The molecular weight excluding hydrogens is 260 g/mol. The highest BCUT2D eigenvalue weighted by Gasteiger charge is 2.49. The number of nitro benzene ring substituents is 1. The smallest absolute Gasteiger partial charge is 0.308 e. The zero-order valence-electron chi connectivity index (χ0n) is 11.2. The summed E-state index contributed by atoms with van der Waals surface area (Å²) in [4.78, 5) is 24.0. The first-order chi connectivity index (χ1) is 9.49. The third-order valence-corrected chi connectivity index (χ3v) is 4.54. The molecule has 3 atom stereocenters. The predicted molar refractivity (Wildman–Crippen MR) is 72.9 cm³/mol. The number of carbonyl (C=O) groups is 1. The van der Waals surface area contributed by atoms with Crippen molar-refractivity contribution in [2.75, 3.05) is 4.90 Å². The molecule has 106 valence electrons. The van der Waals surface area contributed by atoms with Crippen LogP contribution in [0.25, 0.3) is 0 Å². The van der Waals surface area contributed by atoms with Crippen molar-refractivity contribution in [2.24, 2.45) is 5.92 Å². The van der Waals surface area contributed by atoms with Crippen molar-refractivity contribution in [1.82, 2.24) is 0 Å². The number of aryl methyl sites for hydroxylation is 1. The van der Waals surface area contributed by atoms with E-state index in [0.717, 1.165) is 18.5 Å². The van der Waals surface area contributed by atoms with Crippen molar-refractivity contribution in [3.05, 3.63) is 33.9 Å². The second-order valence-electron chi connectivity index (χ2n) is 5.61. The van der Waals surface area contributed by atoms with Crippen LogP contribution in [0.4, 0.5) is 11.4 Å². The van der Waals surface area contributed by atoms with Gasteiger partial charge in [-0.05, 0) is 32.3 Å². The number of benzene rings is 1. The SMILES string of the molecule is Cc1ccc(N2C3CCC2C(C(=O)O)C3)cc1[N+](=O)[O-]. The maximum Gasteiger partial charge on any atom is 0.308 e. The quantitative estimate of drug-likeness (QED) is 0.676. The van der Waals surface area contributed by atoms with E-state index in [1.54, 1.807) is 19.1 Å². The molecule has 3 unspecified atom stereocenters. The van der Waals surface area contributed by atoms with Crippen molar-refractivity contribution in [2.45, 2.75) is 38.3 Å². The molecule has 6 heteroatoms. The Kier molecular flexibility index (Phi) is 2.88. The Morgan fingerprint density at radius 2 is 2.20 bits per heavy atom. The molecule has 0 amide bonds. The molecule has 2 aliphatic rings. The van der Waals surface area contributed by atoms with Crippen molar-refractivity contribution in [1.29, 1.82) is 0 Å². The van der Waals surface area contributed by atoms with Crippen molar-refractivity contribution in [3.8, 4) is 0 Å². The van der Waals surface area contributed by atoms with Crippen LogP contribution in [-0.2, 0) is 4.79 Å². The highest BCUT2D eigenvalue weighted by atomic mass is 16.6. The first kappa shape index (κ1) is 12.9. The fraction of sp³-hybridized carbons (Fsp3) is 0.500. The molecule has 2 aliphatic heterocycles. The van der Waals surface area contributed by atoms with Gasteiger partial charge in [0, 0.05) is 29.4 Å². The number of carboxylic acid groups (broad SMARTS) is 1. The van der Waals surface area contributed by atoms with Crippen LogP contribution >= 0.6 is 0 Å². The normalized spacial score (nSPS) is 27.9. The van der Waals surface area contributed by atoms with Crippen LogP contribution in [-0.4, -0.2) is 28.1 Å². The fourth-order valence-electron chi connectivity index (χ4n) is 3.61. The van der Waals surface area contributed by atoms with E-state index < -0.39 is 5.97 Å². The molecule has 1 N–H and O–H groups in total. The van der Waals surface area contributed by atoms with Gasteiger partial charge in [0.15, 0.2) is 0 Å². The van der Waals surface area contributed by atoms with Gasteiger partial charge >= 0.3 is 5.97 Å². The summed E-state index contributed by atoms with van der Waals surface area (Å²) < 4.78 is 0. The van der Waals surface area contributed by atoms with Crippen molar-refractivity contribution < 1.29 is 14.8 Å². The molecule has 2 fully saturated rings. The van der Waals surface area contributed by atoms with Gasteiger partial charge in [0.2, 0.25) is 0 Å². The van der Waals surface area contributed by atoms with E-state index in [9.17, 15) is 20.0 Å². The number of nitrogens with zero attached hydrogens (tertiary/aromatic N) is 2. The van der Waals surface area contributed by atoms with E-state index in [0.29, 0.717) is 12.0 Å². The summed E-state index contributed by atoms with van der Waals surface area (Å²) in [6.45, 7) is 1.71. The number of carboxylic acids is 1. The standard InChI is InChI=1S/C14H16N2O4/c1-8-2-3-10(7-13(8)16(19)20)15-9-4-5-12(15)11(6-9)14(17)18/h2-3,7,9,11-12H,4-6H2,1H3,(H,17,18). The monoisotopic (exact) mass is 276 g/mol. The lowest BCUT2D eigenvalue weighted by atomic mass is 9.89. The Hall–Kier alpha value is -2.11. The predicted octanol–water partition coefficient (Wildman–Crippen LogP) is 2.35. The first-order valence-electron chi connectivity index (χ1n) is 6.75. The summed E-state index contributed by atoms with van der Waals surface area (Å²) in [5, 5.41) is 20.3. The van der Waals surface area contributed by atoms with Gasteiger partial charge in [0.1, 0.15) is 0 Å². The van der Waals surface area contributed by atoms with Gasteiger partial charge in [-0.1, -0.05) is 6.07 Å². The molecule has 1 aromatic carbocycles. The van der Waals surface area contributed by atoms with Gasteiger partial charge in [0.05, 0.1) is 10.8 Å². The van der Waals surface area contributed by atoms with Crippen LogP contribution in [0.1, 0.15) is 24.8 Å². The average Bonchev–Trinajstić information content (AvgIpc) is 2.96. The molecule has 0 radical (unpaired) electrons. The molecule has 3 rings (SSSR count). The average molecular weight is 276 g/mol. The second-order valence-corrected chi connectivity index (χ2v) is 5.61. The summed E-state index contributed by atoms with van der Waals surface area (Å²) in [6.07, 6.45) is 2.46. The van der Waals surface area contributed by atoms with Crippen molar-refractivity contribution in [3.63, 3.8) is 0 Å². The molecular formula is C14H16N2O4. The minimum absolute atomic E-state index is 0.0280. The fourth-order valence-corrected chi connectivity index (χ4v) is 3.61. The molecule has 0 aliphatic carbocycles.